The molecule has 0 bridgehead atoms. The number of hydrogen-bond acceptors (Lipinski definition) is 2. The fourth-order valence-electron chi connectivity index (χ4n) is 15.0. The third kappa shape index (κ3) is 6.34. The van der Waals surface area contributed by atoms with Gasteiger partial charge >= 0.3 is 0 Å². The molecule has 0 fully saturated rings. The summed E-state index contributed by atoms with van der Waals surface area (Å²) >= 11 is 2.00. The summed E-state index contributed by atoms with van der Waals surface area (Å²) in [7, 11) is 0. The second-order valence-electron chi connectivity index (χ2n) is 28.2. The van der Waals surface area contributed by atoms with Crippen LogP contribution in [0.5, 0.6) is 0 Å². The maximum Gasteiger partial charge on any atom is 0.264 e. The first-order valence-corrected chi connectivity index (χ1v) is 30.4. The number of para-hydroxylation sites is 1. The molecule has 14 aromatic rings. The molecule has 0 radical (unpaired) electrons. The fourth-order valence-corrected chi connectivity index (χ4v) is 16.3. The molecule has 2 aliphatic heterocycles. The molecular weight excluding hydrogens is 1010 g/mol. The maximum absolute atomic E-state index is 2.69. The molecule has 0 atom stereocenters. The van der Waals surface area contributed by atoms with Crippen molar-refractivity contribution in [1.29, 1.82) is 0 Å². The van der Waals surface area contributed by atoms with E-state index in [2.05, 4.69) is 278 Å². The van der Waals surface area contributed by atoms with E-state index in [0.717, 1.165) is 5.69 Å². The number of anilines is 3. The summed E-state index contributed by atoms with van der Waals surface area (Å²) in [5.41, 5.74) is 25.3. The molecule has 1 aliphatic carbocycles. The zero-order valence-corrected chi connectivity index (χ0v) is 49.8. The smallest absolute Gasteiger partial charge is 0.264 e. The van der Waals surface area contributed by atoms with Crippen molar-refractivity contribution in [2.75, 3.05) is 4.90 Å². The molecule has 398 valence electrons. The van der Waals surface area contributed by atoms with E-state index in [4.69, 9.17) is 0 Å². The molecule has 4 aromatic heterocycles. The van der Waals surface area contributed by atoms with Crippen molar-refractivity contribution in [2.45, 2.75) is 105 Å². The van der Waals surface area contributed by atoms with Crippen LogP contribution < -0.4 is 20.6 Å². The lowest BCUT2D eigenvalue weighted by Gasteiger charge is -2.40. The number of rotatable bonds is 3. The molecule has 4 nitrogen and oxygen atoms in total. The molecule has 0 saturated heterocycles. The Kier molecular flexibility index (Phi) is 9.33. The van der Waals surface area contributed by atoms with Crippen LogP contribution >= 0.6 is 11.3 Å². The second kappa shape index (κ2) is 15.8. The second-order valence-corrected chi connectivity index (χ2v) is 29.3. The molecule has 0 unspecified atom stereocenters. The Hall–Kier alpha value is -8.32. The van der Waals surface area contributed by atoms with Gasteiger partial charge in [0.15, 0.2) is 0 Å². The van der Waals surface area contributed by atoms with Crippen molar-refractivity contribution >= 4 is 137 Å². The highest BCUT2D eigenvalue weighted by molar-refractivity contribution is 7.33. The van der Waals surface area contributed by atoms with Crippen LogP contribution in [0.1, 0.15) is 105 Å². The van der Waals surface area contributed by atoms with Crippen molar-refractivity contribution in [1.82, 2.24) is 13.7 Å². The molecular formula is C76H65BN4S. The molecule has 3 aliphatic rings. The van der Waals surface area contributed by atoms with Gasteiger partial charge in [0, 0.05) is 75.4 Å². The molecule has 10 aromatic carbocycles. The van der Waals surface area contributed by atoms with Gasteiger partial charge in [0.1, 0.15) is 0 Å². The van der Waals surface area contributed by atoms with Gasteiger partial charge in [-0.1, -0.05) is 168 Å². The summed E-state index contributed by atoms with van der Waals surface area (Å²) < 4.78 is 10.6. The molecule has 0 N–H and O–H groups in total. The number of benzene rings is 10. The summed E-state index contributed by atoms with van der Waals surface area (Å²) in [6.45, 7) is 28.3. The van der Waals surface area contributed by atoms with E-state index >= 15 is 0 Å². The minimum atomic E-state index is -0.0868. The van der Waals surface area contributed by atoms with Gasteiger partial charge in [-0.25, -0.2) is 0 Å². The van der Waals surface area contributed by atoms with Crippen LogP contribution in [-0.4, -0.2) is 20.4 Å². The SMILES string of the molecule is CC(C)(C)c1ccc(N2c3cc(-n4c5ccc6cccc7c6c5c5c6c8c-7cccc8n(-c7ccccc7)c6ccc54)cc4c3B(c3sc5ccc(C(C)(C)C)cc5c32)c2cc(C(C)(C)C)cc3c5cc(C(C)(C)C)ccc5n-4c23)cc1. The highest BCUT2D eigenvalue weighted by Gasteiger charge is 2.46. The zero-order chi connectivity index (χ0) is 56.0. The number of nitrogens with zero attached hydrogens (tertiary/aromatic N) is 4. The third-order valence-electron chi connectivity index (χ3n) is 19.1. The fraction of sp³-hybridized carbons (Fsp3) is 0.211. The lowest BCUT2D eigenvalue weighted by atomic mass is 9.36. The minimum Gasteiger partial charge on any atom is -0.310 e. The van der Waals surface area contributed by atoms with Crippen molar-refractivity contribution in [3.8, 4) is 28.2 Å². The Balaban J connectivity index is 1.07. The number of thiophene rings is 1. The van der Waals surface area contributed by atoms with E-state index in [1.54, 1.807) is 0 Å². The van der Waals surface area contributed by atoms with Gasteiger partial charge in [0.2, 0.25) is 0 Å². The van der Waals surface area contributed by atoms with Crippen LogP contribution in [0.3, 0.4) is 0 Å². The van der Waals surface area contributed by atoms with Crippen molar-refractivity contribution in [2.24, 2.45) is 0 Å². The average molecular weight is 1080 g/mol. The van der Waals surface area contributed by atoms with Gasteiger partial charge in [0.05, 0.1) is 39.0 Å². The molecule has 82 heavy (non-hydrogen) atoms. The van der Waals surface area contributed by atoms with Crippen LogP contribution in [0.25, 0.3) is 114 Å². The van der Waals surface area contributed by atoms with Crippen LogP contribution in [0.2, 0.25) is 0 Å². The van der Waals surface area contributed by atoms with Crippen LogP contribution in [-0.2, 0) is 21.7 Å². The first-order chi connectivity index (χ1) is 39.2. The largest absolute Gasteiger partial charge is 0.310 e. The Morgan fingerprint density at radius 1 is 0.366 bits per heavy atom. The molecule has 6 heterocycles. The number of hydrogen-bond donors (Lipinski definition) is 0. The highest BCUT2D eigenvalue weighted by atomic mass is 32.1. The van der Waals surface area contributed by atoms with Crippen LogP contribution in [0.4, 0.5) is 17.1 Å². The van der Waals surface area contributed by atoms with Gasteiger partial charge in [-0.3, -0.25) is 0 Å². The lowest BCUT2D eigenvalue weighted by molar-refractivity contribution is 0.590. The molecule has 0 amide bonds. The van der Waals surface area contributed by atoms with Gasteiger partial charge in [-0.05, 0) is 168 Å². The Labute approximate surface area is 483 Å². The van der Waals surface area contributed by atoms with E-state index in [1.165, 1.54) is 164 Å². The third-order valence-corrected chi connectivity index (χ3v) is 20.3. The van der Waals surface area contributed by atoms with Crippen molar-refractivity contribution < 1.29 is 0 Å². The lowest BCUT2D eigenvalue weighted by Crippen LogP contribution is -2.59. The Bertz CT molecular complexity index is 5190. The molecule has 6 heteroatoms. The first-order valence-electron chi connectivity index (χ1n) is 29.5. The van der Waals surface area contributed by atoms with E-state index in [-0.39, 0.29) is 28.4 Å². The predicted octanol–water partition coefficient (Wildman–Crippen LogP) is 19.1. The molecule has 0 saturated carbocycles. The van der Waals surface area contributed by atoms with E-state index in [9.17, 15) is 0 Å². The summed E-state index contributed by atoms with van der Waals surface area (Å²) in [5, 5.41) is 11.8. The Morgan fingerprint density at radius 2 is 0.915 bits per heavy atom. The van der Waals surface area contributed by atoms with E-state index < -0.39 is 0 Å². The van der Waals surface area contributed by atoms with E-state index in [1.807, 2.05) is 11.3 Å². The monoisotopic (exact) mass is 1080 g/mol. The number of fused-ring (bicyclic) bond motifs is 10. The van der Waals surface area contributed by atoms with Gasteiger partial charge in [0.25, 0.3) is 6.71 Å². The Morgan fingerprint density at radius 3 is 1.61 bits per heavy atom. The summed E-state index contributed by atoms with van der Waals surface area (Å²) in [6, 6.07) is 69.1. The minimum absolute atomic E-state index is 0.00261. The predicted molar refractivity (Wildman–Crippen MR) is 355 cm³/mol. The quantitative estimate of drug-likeness (QED) is 0.161. The van der Waals surface area contributed by atoms with Crippen molar-refractivity contribution in [3.05, 3.63) is 198 Å². The standard InChI is InChI=1S/C76H65BN4S/c1-73(2,3)43-25-29-48(30-26-43)80-61-40-49(79-58-31-24-42-18-16-21-50-51-22-17-23-57-65(51)67-59(78(57)47-19-14-13-15-20-47)33-34-60(79)68(67)66(58)64(42)50)41-62-69(61)77(72-71(80)54-37-45(75(7,8)9)28-35-63(54)82-72)55-39-46(76(10,11)12)38-53-52-36-44(74(4,5)6)27-32-56(52)81(62)70(53)55/h13-41H,1-12H3. The molecule has 17 rings (SSSR count). The average Bonchev–Trinajstić information content (AvgIpc) is 1.65. The van der Waals surface area contributed by atoms with Gasteiger partial charge in [-0.15, -0.1) is 11.3 Å². The highest BCUT2D eigenvalue weighted by Crippen LogP contribution is 2.54. The first kappa shape index (κ1) is 48.4. The van der Waals surface area contributed by atoms with Gasteiger partial charge in [-0.2, -0.15) is 0 Å². The summed E-state index contributed by atoms with van der Waals surface area (Å²) in [4.78, 5) is 2.69. The van der Waals surface area contributed by atoms with Crippen molar-refractivity contribution in [3.63, 3.8) is 0 Å². The van der Waals surface area contributed by atoms with E-state index in [0.29, 0.717) is 0 Å². The zero-order valence-electron chi connectivity index (χ0n) is 49.0. The topological polar surface area (TPSA) is 18.0 Å². The van der Waals surface area contributed by atoms with Crippen LogP contribution in [0, 0.1) is 0 Å². The summed E-state index contributed by atoms with van der Waals surface area (Å²) in [6.07, 6.45) is 0. The van der Waals surface area contributed by atoms with Gasteiger partial charge < -0.3 is 18.6 Å². The normalized spacial score (nSPS) is 14.0. The molecule has 0 spiro atoms. The maximum atomic E-state index is 2.69. The summed E-state index contributed by atoms with van der Waals surface area (Å²) in [5.74, 6) is 0. The van der Waals surface area contributed by atoms with Crippen LogP contribution in [0.15, 0.2) is 176 Å². The number of aromatic nitrogens is 3.